The highest BCUT2D eigenvalue weighted by molar-refractivity contribution is 7.92. The van der Waals surface area contributed by atoms with Crippen LogP contribution in [0.4, 0.5) is 5.69 Å². The highest BCUT2D eigenvalue weighted by Gasteiger charge is 2.19. The topological polar surface area (TPSA) is 131 Å². The van der Waals surface area contributed by atoms with E-state index in [1.165, 1.54) is 37.4 Å². The Bertz CT molecular complexity index is 1090. The molecule has 0 fully saturated rings. The molecule has 3 rings (SSSR count). The van der Waals surface area contributed by atoms with Crippen molar-refractivity contribution in [3.8, 4) is 0 Å². The van der Waals surface area contributed by atoms with Gasteiger partial charge in [0, 0.05) is 0 Å². The molecule has 126 valence electrons. The lowest BCUT2D eigenvalue weighted by atomic mass is 10.3. The van der Waals surface area contributed by atoms with Crippen LogP contribution < -0.4 is 9.44 Å². The van der Waals surface area contributed by atoms with E-state index in [0.29, 0.717) is 5.52 Å². The normalized spacial score (nSPS) is 12.4. The minimum Gasteiger partial charge on any atom is -0.277 e. The Morgan fingerprint density at radius 2 is 1.50 bits per heavy atom. The predicted molar refractivity (Wildman–Crippen MR) is 85.3 cm³/mol. The first-order chi connectivity index (χ1) is 11.3. The van der Waals surface area contributed by atoms with Gasteiger partial charge < -0.3 is 0 Å². The van der Waals surface area contributed by atoms with Gasteiger partial charge in [0.25, 0.3) is 10.0 Å². The maximum Gasteiger partial charge on any atom is 0.261 e. The van der Waals surface area contributed by atoms with Crippen LogP contribution in [0.25, 0.3) is 11.0 Å². The molecule has 0 radical (unpaired) electrons. The molecule has 0 bridgehead atoms. The van der Waals surface area contributed by atoms with E-state index in [9.17, 15) is 16.8 Å². The maximum atomic E-state index is 12.4. The van der Waals surface area contributed by atoms with Crippen LogP contribution in [0.5, 0.6) is 0 Å². The van der Waals surface area contributed by atoms with Crippen molar-refractivity contribution in [1.29, 1.82) is 0 Å². The smallest absolute Gasteiger partial charge is 0.261 e. The summed E-state index contributed by atoms with van der Waals surface area (Å²) < 4.78 is 57.3. The largest absolute Gasteiger partial charge is 0.277 e. The molecule has 11 heteroatoms. The van der Waals surface area contributed by atoms with Gasteiger partial charge in [-0.2, -0.15) is 0 Å². The van der Waals surface area contributed by atoms with Gasteiger partial charge in [-0.25, -0.2) is 26.2 Å². The molecule has 24 heavy (non-hydrogen) atoms. The monoisotopic (exact) mass is 368 g/mol. The van der Waals surface area contributed by atoms with Crippen molar-refractivity contribution < 1.29 is 21.5 Å². The quantitative estimate of drug-likeness (QED) is 0.685. The van der Waals surface area contributed by atoms with Crippen LogP contribution in [0.1, 0.15) is 0 Å². The van der Waals surface area contributed by atoms with Crippen LogP contribution in [-0.2, 0) is 20.0 Å². The van der Waals surface area contributed by atoms with Crippen LogP contribution in [0.3, 0.4) is 0 Å². The standard InChI is InChI=1S/C13H12N4O5S2/c1-14-23(18,19)9-5-7-10(8-6-9)24(20,21)17-12-4-2-3-11-13(12)16-22-15-11/h2-8,14,17H,1H3. The van der Waals surface area contributed by atoms with Crippen molar-refractivity contribution in [1.82, 2.24) is 15.0 Å². The summed E-state index contributed by atoms with van der Waals surface area (Å²) in [6, 6.07) is 9.57. The molecule has 0 unspecified atom stereocenters. The van der Waals surface area contributed by atoms with E-state index >= 15 is 0 Å². The average Bonchev–Trinajstić information content (AvgIpc) is 3.04. The summed E-state index contributed by atoms with van der Waals surface area (Å²) in [4.78, 5) is -0.127. The third-order valence-electron chi connectivity index (χ3n) is 3.24. The van der Waals surface area contributed by atoms with E-state index in [-0.39, 0.29) is 21.0 Å². The van der Waals surface area contributed by atoms with E-state index in [2.05, 4.69) is 24.4 Å². The number of nitrogens with one attached hydrogen (secondary N) is 2. The van der Waals surface area contributed by atoms with Gasteiger partial charge in [0.15, 0.2) is 5.52 Å². The van der Waals surface area contributed by atoms with E-state index in [4.69, 9.17) is 0 Å². The van der Waals surface area contributed by atoms with Crippen LogP contribution in [0, 0.1) is 0 Å². The minimum absolute atomic E-state index is 0.0354. The van der Waals surface area contributed by atoms with Crippen molar-refractivity contribution in [2.24, 2.45) is 0 Å². The molecule has 0 saturated heterocycles. The summed E-state index contributed by atoms with van der Waals surface area (Å²) in [5, 5.41) is 7.29. The first kappa shape index (κ1) is 16.4. The first-order valence-electron chi connectivity index (χ1n) is 6.61. The van der Waals surface area contributed by atoms with E-state index < -0.39 is 20.0 Å². The van der Waals surface area contributed by atoms with Crippen molar-refractivity contribution in [2.75, 3.05) is 11.8 Å². The fourth-order valence-electron chi connectivity index (χ4n) is 2.01. The van der Waals surface area contributed by atoms with Gasteiger partial charge in [-0.3, -0.25) is 4.72 Å². The second-order valence-electron chi connectivity index (χ2n) is 4.72. The molecule has 2 aromatic carbocycles. The Morgan fingerprint density at radius 1 is 0.875 bits per heavy atom. The molecule has 0 aliphatic rings. The molecule has 0 saturated carbocycles. The Morgan fingerprint density at radius 3 is 2.12 bits per heavy atom. The second kappa shape index (κ2) is 5.85. The fourth-order valence-corrected chi connectivity index (χ4v) is 3.80. The van der Waals surface area contributed by atoms with E-state index in [0.717, 1.165) is 0 Å². The average molecular weight is 368 g/mol. The third-order valence-corrected chi connectivity index (χ3v) is 6.06. The number of rotatable bonds is 5. The lowest BCUT2D eigenvalue weighted by Crippen LogP contribution is -2.19. The highest BCUT2D eigenvalue weighted by Crippen LogP contribution is 2.23. The molecule has 2 N–H and O–H groups in total. The van der Waals surface area contributed by atoms with Crippen molar-refractivity contribution in [3.05, 3.63) is 42.5 Å². The summed E-state index contributed by atoms with van der Waals surface area (Å²) in [7, 11) is -6.29. The Labute approximate surface area is 137 Å². The van der Waals surface area contributed by atoms with Gasteiger partial charge in [0.1, 0.15) is 5.52 Å². The van der Waals surface area contributed by atoms with Gasteiger partial charge in [-0.15, -0.1) is 0 Å². The second-order valence-corrected chi connectivity index (χ2v) is 8.29. The van der Waals surface area contributed by atoms with Crippen molar-refractivity contribution >= 4 is 36.8 Å². The Balaban J connectivity index is 1.95. The molecule has 1 heterocycles. The number of fused-ring (bicyclic) bond motifs is 1. The molecular weight excluding hydrogens is 356 g/mol. The van der Waals surface area contributed by atoms with E-state index in [1.807, 2.05) is 0 Å². The summed E-state index contributed by atoms with van der Waals surface area (Å²) in [5.41, 5.74) is 0.891. The third kappa shape index (κ3) is 2.96. The zero-order valence-electron chi connectivity index (χ0n) is 12.3. The van der Waals surface area contributed by atoms with Crippen molar-refractivity contribution in [3.63, 3.8) is 0 Å². The number of aromatic nitrogens is 2. The Hall–Kier alpha value is -2.50. The molecule has 0 aliphatic carbocycles. The first-order valence-corrected chi connectivity index (χ1v) is 9.58. The van der Waals surface area contributed by atoms with Gasteiger partial charge in [-0.1, -0.05) is 6.07 Å². The lowest BCUT2D eigenvalue weighted by molar-refractivity contribution is 0.315. The lowest BCUT2D eigenvalue weighted by Gasteiger charge is -2.09. The van der Waals surface area contributed by atoms with Gasteiger partial charge in [0.05, 0.1) is 15.5 Å². The zero-order chi connectivity index (χ0) is 17.4. The summed E-state index contributed by atoms with van der Waals surface area (Å²) in [5.74, 6) is 0. The molecule has 0 spiro atoms. The van der Waals surface area contributed by atoms with Crippen LogP contribution in [-0.4, -0.2) is 34.2 Å². The molecule has 0 aliphatic heterocycles. The maximum absolute atomic E-state index is 12.4. The summed E-state index contributed by atoms with van der Waals surface area (Å²) >= 11 is 0. The molecule has 9 nitrogen and oxygen atoms in total. The summed E-state index contributed by atoms with van der Waals surface area (Å²) in [6.07, 6.45) is 0. The van der Waals surface area contributed by atoms with Gasteiger partial charge >= 0.3 is 0 Å². The zero-order valence-corrected chi connectivity index (χ0v) is 13.9. The highest BCUT2D eigenvalue weighted by atomic mass is 32.2. The number of anilines is 1. The van der Waals surface area contributed by atoms with Gasteiger partial charge in [-0.05, 0) is 53.8 Å². The van der Waals surface area contributed by atoms with Gasteiger partial charge in [0.2, 0.25) is 10.0 Å². The molecule has 3 aromatic rings. The Kier molecular flexibility index (Phi) is 3.99. The minimum atomic E-state index is -3.93. The predicted octanol–water partition coefficient (Wildman–Crippen LogP) is 0.932. The van der Waals surface area contributed by atoms with Crippen molar-refractivity contribution in [2.45, 2.75) is 9.79 Å². The number of benzene rings is 2. The molecule has 0 amide bonds. The number of nitrogens with zero attached hydrogens (tertiary/aromatic N) is 2. The van der Waals surface area contributed by atoms with Crippen LogP contribution in [0.2, 0.25) is 0 Å². The molecular formula is C13H12N4O5S2. The van der Waals surface area contributed by atoms with Crippen LogP contribution in [0.15, 0.2) is 56.9 Å². The number of hydrogen-bond donors (Lipinski definition) is 2. The SMILES string of the molecule is CNS(=O)(=O)c1ccc(S(=O)(=O)Nc2cccc3nonc23)cc1. The summed E-state index contributed by atoms with van der Waals surface area (Å²) in [6.45, 7) is 0. The van der Waals surface area contributed by atoms with Crippen LogP contribution >= 0.6 is 0 Å². The van der Waals surface area contributed by atoms with E-state index in [1.54, 1.807) is 12.1 Å². The molecule has 0 atom stereocenters. The number of hydrogen-bond acceptors (Lipinski definition) is 7. The number of sulfonamides is 2. The molecule has 1 aromatic heterocycles. The fraction of sp³-hybridized carbons (Fsp3) is 0.0769.